The summed E-state index contributed by atoms with van der Waals surface area (Å²) in [5, 5.41) is 8.52. The number of hydrogen-bond acceptors (Lipinski definition) is 9. The van der Waals surface area contributed by atoms with E-state index in [1.54, 1.807) is 41.5 Å². The monoisotopic (exact) mass is 650 g/mol. The van der Waals surface area contributed by atoms with Gasteiger partial charge in [-0.2, -0.15) is 0 Å². The minimum atomic E-state index is -0.469. The topological polar surface area (TPSA) is 140 Å². The van der Waals surface area contributed by atoms with Crippen molar-refractivity contribution >= 4 is 50.1 Å². The maximum atomic E-state index is 12.9. The Hall–Kier alpha value is -6.30. The van der Waals surface area contributed by atoms with E-state index in [0.29, 0.717) is 49.0 Å². The Morgan fingerprint density at radius 3 is 2.18 bits per heavy atom. The summed E-state index contributed by atoms with van der Waals surface area (Å²) in [6, 6.07) is 33.9. The van der Waals surface area contributed by atoms with Gasteiger partial charge in [-0.15, -0.1) is 0 Å². The number of fused-ring (bicyclic) bond motifs is 3. The highest BCUT2D eigenvalue weighted by molar-refractivity contribution is 6.14. The predicted octanol–water partition coefficient (Wildman–Crippen LogP) is 5.87. The molecule has 0 radical (unpaired) electrons. The minimum absolute atomic E-state index is 0.169. The fraction of sp³-hybridized carbons (Fsp3) is 0.105. The number of anilines is 1. The van der Waals surface area contributed by atoms with Crippen LogP contribution in [0.1, 0.15) is 20.8 Å². The molecule has 7 aromatic rings. The summed E-state index contributed by atoms with van der Waals surface area (Å²) in [6.07, 6.45) is 3.08. The number of nitrogens with zero attached hydrogens (tertiary/aromatic N) is 4. The van der Waals surface area contributed by atoms with Gasteiger partial charge < -0.3 is 14.5 Å². The zero-order valence-corrected chi connectivity index (χ0v) is 26.2. The average molecular weight is 651 g/mol. The Morgan fingerprint density at radius 2 is 1.37 bits per heavy atom. The molecule has 3 aromatic heterocycles. The molecule has 1 aliphatic heterocycles. The summed E-state index contributed by atoms with van der Waals surface area (Å²) in [6.45, 7) is 2.34. The maximum absolute atomic E-state index is 12.9. The molecular formula is C38H30N6O5. The first-order valence-corrected chi connectivity index (χ1v) is 15.7. The highest BCUT2D eigenvalue weighted by Gasteiger charge is 2.20. The van der Waals surface area contributed by atoms with Gasteiger partial charge in [0, 0.05) is 36.6 Å². The molecular weight excluding hydrogens is 620 g/mol. The lowest BCUT2D eigenvalue weighted by atomic mass is 10.0. The van der Waals surface area contributed by atoms with Crippen molar-refractivity contribution in [1.82, 2.24) is 25.4 Å². The van der Waals surface area contributed by atoms with E-state index in [9.17, 15) is 14.4 Å². The lowest BCUT2D eigenvalue weighted by Gasteiger charge is -2.27. The van der Waals surface area contributed by atoms with Crippen LogP contribution in [0.15, 0.2) is 131 Å². The van der Waals surface area contributed by atoms with Crippen molar-refractivity contribution < 1.29 is 18.7 Å². The summed E-state index contributed by atoms with van der Waals surface area (Å²) >= 11 is 0. The van der Waals surface area contributed by atoms with Crippen molar-refractivity contribution in [3.8, 4) is 11.5 Å². The molecule has 0 saturated carbocycles. The van der Waals surface area contributed by atoms with Gasteiger partial charge in [0.05, 0.1) is 18.9 Å². The highest BCUT2D eigenvalue weighted by Crippen LogP contribution is 2.27. The molecule has 4 aromatic carbocycles. The Balaban J connectivity index is 0.000000160. The van der Waals surface area contributed by atoms with Gasteiger partial charge in [0.15, 0.2) is 11.2 Å². The van der Waals surface area contributed by atoms with Gasteiger partial charge in [-0.25, -0.2) is 24.8 Å². The number of pyridine rings is 2. The lowest BCUT2D eigenvalue weighted by Crippen LogP contribution is -2.48. The number of morpholine rings is 1. The largest absolute Gasteiger partial charge is 0.402 e. The number of benzene rings is 4. The van der Waals surface area contributed by atoms with Gasteiger partial charge in [0.1, 0.15) is 5.52 Å². The van der Waals surface area contributed by atoms with E-state index in [-0.39, 0.29) is 23.0 Å². The van der Waals surface area contributed by atoms with Crippen molar-refractivity contribution in [2.45, 2.75) is 0 Å². The number of nitrogens with one attached hydrogen (secondary N) is 2. The van der Waals surface area contributed by atoms with Crippen molar-refractivity contribution in [2.24, 2.45) is 0 Å². The Bertz CT molecular complexity index is 2360. The molecule has 4 heterocycles. The molecule has 0 atom stereocenters. The van der Waals surface area contributed by atoms with Crippen LogP contribution >= 0.6 is 0 Å². The van der Waals surface area contributed by atoms with Crippen LogP contribution in [0.3, 0.4) is 0 Å². The normalized spacial score (nSPS) is 13.1. The number of aromatic nitrogens is 3. The van der Waals surface area contributed by atoms with Crippen LogP contribution in [0.25, 0.3) is 44.0 Å². The lowest BCUT2D eigenvalue weighted by molar-refractivity contribution is 0.0125. The second-order valence-electron chi connectivity index (χ2n) is 11.1. The van der Waals surface area contributed by atoms with E-state index < -0.39 is 5.63 Å². The molecule has 1 saturated heterocycles. The van der Waals surface area contributed by atoms with E-state index in [1.165, 1.54) is 6.20 Å². The number of ether oxygens (including phenoxy) is 1. The molecule has 49 heavy (non-hydrogen) atoms. The zero-order chi connectivity index (χ0) is 33.6. The summed E-state index contributed by atoms with van der Waals surface area (Å²) in [7, 11) is 0. The van der Waals surface area contributed by atoms with Gasteiger partial charge in [0.2, 0.25) is 5.89 Å². The molecule has 2 N–H and O–H groups in total. The summed E-state index contributed by atoms with van der Waals surface area (Å²) < 4.78 is 10.6. The molecule has 1 fully saturated rings. The second kappa shape index (κ2) is 14.2. The van der Waals surface area contributed by atoms with E-state index >= 15 is 0 Å². The third kappa shape index (κ3) is 6.89. The van der Waals surface area contributed by atoms with Crippen molar-refractivity contribution in [3.63, 3.8) is 0 Å². The van der Waals surface area contributed by atoms with Crippen molar-refractivity contribution in [2.75, 3.05) is 31.6 Å². The van der Waals surface area contributed by atoms with E-state index in [1.807, 2.05) is 78.9 Å². The molecule has 0 aliphatic carbocycles. The highest BCUT2D eigenvalue weighted by atomic mass is 16.5. The first kappa shape index (κ1) is 31.3. The van der Waals surface area contributed by atoms with Crippen molar-refractivity contribution in [1.29, 1.82) is 0 Å². The Kier molecular flexibility index (Phi) is 9.08. The molecule has 242 valence electrons. The summed E-state index contributed by atoms with van der Waals surface area (Å²) in [5.41, 5.74) is 5.02. The first-order chi connectivity index (χ1) is 24.0. The molecule has 0 spiro atoms. The number of carbonyl (C=O) groups is 2. The van der Waals surface area contributed by atoms with E-state index in [0.717, 1.165) is 27.1 Å². The molecule has 8 rings (SSSR count). The molecule has 11 nitrogen and oxygen atoms in total. The van der Waals surface area contributed by atoms with Crippen LogP contribution in [0.4, 0.5) is 5.69 Å². The molecule has 11 heteroatoms. The van der Waals surface area contributed by atoms with Crippen molar-refractivity contribution in [3.05, 3.63) is 143 Å². The number of rotatable bonds is 5. The standard InChI is InChI=1S/C21H20N4O3.C17H10N2O2/c26-20(17-8-3-6-15-5-1-2-7-16(15)17)23-18-9-4-10-22-19(18)21(27)24-25-11-13-28-14-12-25;20-17-15-14(9-4-10-18-15)19-16(21-17)13-8-3-6-11-5-1-2-7-12(11)13/h1-10H,11-14H2,(H,23,26)(H,24,27);1-10H. The van der Waals surface area contributed by atoms with Crippen LogP contribution in [0.5, 0.6) is 0 Å². The fourth-order valence-corrected chi connectivity index (χ4v) is 5.61. The Labute approximate surface area is 280 Å². The molecule has 1 aliphatic rings. The molecule has 2 amide bonds. The van der Waals surface area contributed by atoms with Gasteiger partial charge >= 0.3 is 5.63 Å². The zero-order valence-electron chi connectivity index (χ0n) is 26.2. The minimum Gasteiger partial charge on any atom is -0.402 e. The van der Waals surface area contributed by atoms with Gasteiger partial charge in [-0.1, -0.05) is 72.8 Å². The predicted molar refractivity (Wildman–Crippen MR) is 187 cm³/mol. The van der Waals surface area contributed by atoms with E-state index in [4.69, 9.17) is 9.15 Å². The van der Waals surface area contributed by atoms with E-state index in [2.05, 4.69) is 25.7 Å². The second-order valence-corrected chi connectivity index (χ2v) is 11.1. The maximum Gasteiger partial charge on any atom is 0.365 e. The number of amides is 2. The average Bonchev–Trinajstić information content (AvgIpc) is 3.15. The quantitative estimate of drug-likeness (QED) is 0.234. The molecule has 0 bridgehead atoms. The van der Waals surface area contributed by atoms with Gasteiger partial charge in [-0.3, -0.25) is 15.0 Å². The molecule has 0 unspecified atom stereocenters. The summed E-state index contributed by atoms with van der Waals surface area (Å²) in [4.78, 5) is 50.2. The number of carbonyl (C=O) groups excluding carboxylic acids is 2. The van der Waals surface area contributed by atoms with Crippen LogP contribution in [0.2, 0.25) is 0 Å². The van der Waals surface area contributed by atoms with Crippen LogP contribution in [0, 0.1) is 0 Å². The fourth-order valence-electron chi connectivity index (χ4n) is 5.61. The third-order valence-electron chi connectivity index (χ3n) is 7.99. The number of hydrogen-bond donors (Lipinski definition) is 2. The Morgan fingerprint density at radius 1 is 0.694 bits per heavy atom. The van der Waals surface area contributed by atoms with Gasteiger partial charge in [0.25, 0.3) is 11.8 Å². The van der Waals surface area contributed by atoms with Gasteiger partial charge in [-0.05, 0) is 57.9 Å². The van der Waals surface area contributed by atoms with Crippen LogP contribution < -0.4 is 16.4 Å². The third-order valence-corrected chi connectivity index (χ3v) is 7.99. The van der Waals surface area contributed by atoms with Crippen LogP contribution in [-0.2, 0) is 4.74 Å². The number of hydrazine groups is 1. The summed E-state index contributed by atoms with van der Waals surface area (Å²) in [5.74, 6) is -0.335. The van der Waals surface area contributed by atoms with Crippen LogP contribution in [-0.4, -0.2) is 58.1 Å². The smallest absolute Gasteiger partial charge is 0.365 e. The first-order valence-electron chi connectivity index (χ1n) is 15.7. The SMILES string of the molecule is O=C(NN1CCOCC1)c1ncccc1NC(=O)c1cccc2ccccc12.O=c1oc(-c2cccc3ccccc23)nc2cccnc12.